The van der Waals surface area contributed by atoms with Crippen LogP contribution in [0.1, 0.15) is 47.9 Å². The summed E-state index contributed by atoms with van der Waals surface area (Å²) in [5, 5.41) is 12.7. The smallest absolute Gasteiger partial charge is 0.309 e. The van der Waals surface area contributed by atoms with Gasteiger partial charge < -0.3 is 15.6 Å². The highest BCUT2D eigenvalue weighted by Gasteiger charge is 2.41. The molecule has 3 N–H and O–H groups in total. The van der Waals surface area contributed by atoms with E-state index >= 15 is 4.39 Å². The minimum Gasteiger partial charge on any atom is -0.497 e. The predicted octanol–water partition coefficient (Wildman–Crippen LogP) is 4.77. The molecule has 4 rings (SSSR count). The maximum atomic E-state index is 15.8. The third-order valence-electron chi connectivity index (χ3n) is 6.91. The van der Waals surface area contributed by atoms with Crippen molar-refractivity contribution < 1.29 is 19.0 Å². The molecule has 184 valence electrons. The van der Waals surface area contributed by atoms with Crippen LogP contribution in [0, 0.1) is 17.3 Å². The van der Waals surface area contributed by atoms with Crippen LogP contribution in [0.4, 0.5) is 4.39 Å². The average Bonchev–Trinajstić information content (AvgIpc) is 3.40. The lowest BCUT2D eigenvalue weighted by molar-refractivity contribution is -0.152. The van der Waals surface area contributed by atoms with E-state index in [9.17, 15) is 9.90 Å². The summed E-state index contributed by atoms with van der Waals surface area (Å²) >= 11 is 1.60. The van der Waals surface area contributed by atoms with Gasteiger partial charge in [-0.2, -0.15) is 0 Å². The number of hydrogen-bond acceptors (Lipinski definition) is 6. The summed E-state index contributed by atoms with van der Waals surface area (Å²) in [6.45, 7) is 2.02. The van der Waals surface area contributed by atoms with E-state index in [-0.39, 0.29) is 19.4 Å². The second-order valence-corrected chi connectivity index (χ2v) is 9.88. The molecule has 3 heterocycles. The Morgan fingerprint density at radius 2 is 2.17 bits per heavy atom. The number of piperidine rings is 1. The largest absolute Gasteiger partial charge is 0.497 e. The average molecular weight is 496 g/mol. The second kappa shape index (κ2) is 11.2. The minimum absolute atomic E-state index is 0.105. The van der Waals surface area contributed by atoms with Crippen molar-refractivity contribution in [2.45, 2.75) is 38.4 Å². The van der Waals surface area contributed by atoms with E-state index in [0.717, 1.165) is 4.88 Å². The van der Waals surface area contributed by atoms with Crippen LogP contribution in [-0.2, 0) is 11.3 Å². The number of nitrogens with two attached hydrogens (primary N) is 1. The van der Waals surface area contributed by atoms with Gasteiger partial charge in [0.25, 0.3) is 0 Å². The highest BCUT2D eigenvalue weighted by molar-refractivity contribution is 7.10. The zero-order chi connectivity index (χ0) is 24.8. The van der Waals surface area contributed by atoms with E-state index in [1.54, 1.807) is 42.8 Å². The number of carboxylic acids is 1. The molecule has 8 heteroatoms. The number of benzene rings is 1. The number of fused-ring (bicyclic) bond motifs is 1. The lowest BCUT2D eigenvalue weighted by atomic mass is 9.74. The Bertz CT molecular complexity index is 1220. The first-order chi connectivity index (χ1) is 17.0. The van der Waals surface area contributed by atoms with E-state index < -0.39 is 17.6 Å². The molecule has 0 aliphatic carbocycles. The van der Waals surface area contributed by atoms with Gasteiger partial charge in [0, 0.05) is 36.8 Å². The molecule has 1 atom stereocenters. The normalized spacial score (nSPS) is 16.4. The number of carbonyl (C=O) groups is 1. The molecular weight excluding hydrogens is 465 g/mol. The van der Waals surface area contributed by atoms with Gasteiger partial charge in [-0.1, -0.05) is 17.9 Å². The molecule has 3 aromatic rings. The maximum absolute atomic E-state index is 15.8. The van der Waals surface area contributed by atoms with Crippen LogP contribution >= 0.6 is 11.3 Å². The molecule has 1 saturated heterocycles. The molecule has 1 aromatic carbocycles. The van der Waals surface area contributed by atoms with E-state index in [0.29, 0.717) is 60.3 Å². The van der Waals surface area contributed by atoms with Gasteiger partial charge in [0.05, 0.1) is 29.5 Å². The van der Waals surface area contributed by atoms with Crippen LogP contribution in [0.5, 0.6) is 5.75 Å². The molecule has 1 aliphatic heterocycles. The van der Waals surface area contributed by atoms with Crippen molar-refractivity contribution >= 4 is 28.2 Å². The molecule has 0 spiro atoms. The summed E-state index contributed by atoms with van der Waals surface area (Å²) in [6.07, 6.45) is 1.58. The molecular formula is C27H30FN3O3S. The fraction of sp³-hybridized carbons (Fsp3) is 0.407. The topological polar surface area (TPSA) is 88.7 Å². The van der Waals surface area contributed by atoms with Gasteiger partial charge in [-0.15, -0.1) is 11.3 Å². The zero-order valence-corrected chi connectivity index (χ0v) is 20.6. The Hall–Kier alpha value is -2.99. The fourth-order valence-corrected chi connectivity index (χ4v) is 5.33. The number of ether oxygens (including phenoxy) is 1. The van der Waals surface area contributed by atoms with Gasteiger partial charge in [-0.25, -0.2) is 4.39 Å². The second-order valence-electron chi connectivity index (χ2n) is 8.93. The fourth-order valence-electron chi connectivity index (χ4n) is 4.74. The molecule has 1 aliphatic rings. The summed E-state index contributed by atoms with van der Waals surface area (Å²) in [5.74, 6) is 6.08. The predicted molar refractivity (Wildman–Crippen MR) is 136 cm³/mol. The number of likely N-dealkylation sites (tertiary alicyclic amines) is 1. The van der Waals surface area contributed by atoms with Gasteiger partial charge in [0.2, 0.25) is 0 Å². The van der Waals surface area contributed by atoms with Crippen molar-refractivity contribution in [1.82, 2.24) is 9.88 Å². The summed E-state index contributed by atoms with van der Waals surface area (Å²) in [5.41, 5.74) is 6.73. The Morgan fingerprint density at radius 1 is 1.37 bits per heavy atom. The third kappa shape index (κ3) is 5.64. The van der Waals surface area contributed by atoms with E-state index in [1.165, 1.54) is 0 Å². The minimum atomic E-state index is -1.35. The van der Waals surface area contributed by atoms with Gasteiger partial charge in [0.15, 0.2) is 0 Å². The summed E-state index contributed by atoms with van der Waals surface area (Å²) < 4.78 is 21.1. The van der Waals surface area contributed by atoms with Gasteiger partial charge in [-0.05, 0) is 60.9 Å². The van der Waals surface area contributed by atoms with Crippen molar-refractivity contribution in [3.8, 4) is 17.6 Å². The number of methoxy groups -OCH3 is 1. The van der Waals surface area contributed by atoms with Gasteiger partial charge >= 0.3 is 5.97 Å². The van der Waals surface area contributed by atoms with Crippen molar-refractivity contribution in [3.63, 3.8) is 0 Å². The number of pyridine rings is 1. The number of aromatic nitrogens is 1. The molecule has 0 saturated carbocycles. The Labute approximate surface area is 208 Å². The number of halogens is 1. The zero-order valence-electron chi connectivity index (χ0n) is 19.8. The standard InChI is InChI=1S/C27H30FN3O3S/c1-34-20-6-7-24-22(16-20)25(19(17-29)18-30-24)23(28)8-9-27(26(32)33)10-13-31(14-11-27)12-2-4-21-5-3-15-35-21/h3,5-7,15-16,18,23H,8-14,17,29H2,1H3,(H,32,33)/t23-/m0/s1. The van der Waals surface area contributed by atoms with E-state index in [2.05, 4.69) is 21.7 Å². The first-order valence-corrected chi connectivity index (χ1v) is 12.6. The first kappa shape index (κ1) is 25.1. The Morgan fingerprint density at radius 3 is 2.83 bits per heavy atom. The molecule has 35 heavy (non-hydrogen) atoms. The molecule has 6 nitrogen and oxygen atoms in total. The summed E-state index contributed by atoms with van der Waals surface area (Å²) in [6, 6.07) is 9.30. The Kier molecular flexibility index (Phi) is 8.01. The third-order valence-corrected chi connectivity index (χ3v) is 7.70. The van der Waals surface area contributed by atoms with Crippen LogP contribution in [0.2, 0.25) is 0 Å². The quantitative estimate of drug-likeness (QED) is 0.438. The van der Waals surface area contributed by atoms with E-state index in [1.807, 2.05) is 17.5 Å². The Balaban J connectivity index is 1.46. The van der Waals surface area contributed by atoms with Crippen LogP contribution in [0.15, 0.2) is 41.9 Å². The first-order valence-electron chi connectivity index (χ1n) is 11.7. The number of aliphatic carboxylic acids is 1. The van der Waals surface area contributed by atoms with Crippen molar-refractivity contribution in [2.24, 2.45) is 11.1 Å². The number of carboxylic acid groups (broad SMARTS) is 1. The highest BCUT2D eigenvalue weighted by Crippen LogP contribution is 2.41. The molecule has 2 aromatic heterocycles. The lowest BCUT2D eigenvalue weighted by Gasteiger charge is -2.38. The van der Waals surface area contributed by atoms with Crippen molar-refractivity contribution in [2.75, 3.05) is 26.7 Å². The molecule has 0 amide bonds. The monoisotopic (exact) mass is 495 g/mol. The summed E-state index contributed by atoms with van der Waals surface area (Å²) in [4.78, 5) is 19.9. The molecule has 1 fully saturated rings. The SMILES string of the molecule is COc1ccc2ncc(CN)c([C@@H](F)CCC3(C(=O)O)CCN(CC#Cc4cccs4)CC3)c2c1. The number of nitrogens with zero attached hydrogens (tertiary/aromatic N) is 2. The highest BCUT2D eigenvalue weighted by atomic mass is 32.1. The van der Waals surface area contributed by atoms with Crippen LogP contribution < -0.4 is 10.5 Å². The van der Waals surface area contributed by atoms with Gasteiger partial charge in [0.1, 0.15) is 11.9 Å². The molecule has 0 unspecified atom stereocenters. The molecule has 0 bridgehead atoms. The summed E-state index contributed by atoms with van der Waals surface area (Å²) in [7, 11) is 1.56. The van der Waals surface area contributed by atoms with Crippen LogP contribution in [-0.4, -0.2) is 47.7 Å². The lowest BCUT2D eigenvalue weighted by Crippen LogP contribution is -2.44. The number of hydrogen-bond donors (Lipinski definition) is 2. The van der Waals surface area contributed by atoms with Crippen LogP contribution in [0.25, 0.3) is 10.9 Å². The number of thiophene rings is 1. The maximum Gasteiger partial charge on any atom is 0.309 e. The van der Waals surface area contributed by atoms with Crippen molar-refractivity contribution in [1.29, 1.82) is 0 Å². The number of alkyl halides is 1. The molecule has 0 radical (unpaired) electrons. The van der Waals surface area contributed by atoms with Crippen LogP contribution in [0.3, 0.4) is 0 Å². The van der Waals surface area contributed by atoms with Gasteiger partial charge in [-0.3, -0.25) is 14.7 Å². The van der Waals surface area contributed by atoms with Crippen molar-refractivity contribution in [3.05, 3.63) is 57.9 Å². The van der Waals surface area contributed by atoms with E-state index in [4.69, 9.17) is 10.5 Å². The number of rotatable bonds is 8.